The fourth-order valence-electron chi connectivity index (χ4n) is 1.97. The molecule has 1 aliphatic rings. The summed E-state index contributed by atoms with van der Waals surface area (Å²) < 4.78 is 29.8. The largest absolute Gasteiger partial charge is 0.444 e. The molecule has 1 aromatic carbocycles. The van der Waals surface area contributed by atoms with Crippen LogP contribution in [-0.4, -0.2) is 32.8 Å². The highest BCUT2D eigenvalue weighted by Crippen LogP contribution is 2.25. The Morgan fingerprint density at radius 1 is 1.50 bits per heavy atom. The highest BCUT2D eigenvalue weighted by molar-refractivity contribution is 7.93. The number of nitriles is 1. The molecule has 1 saturated heterocycles. The second kappa shape index (κ2) is 5.51. The second-order valence-electron chi connectivity index (χ2n) is 4.47. The van der Waals surface area contributed by atoms with Crippen molar-refractivity contribution in [3.63, 3.8) is 0 Å². The van der Waals surface area contributed by atoms with Gasteiger partial charge in [-0.05, 0) is 31.5 Å². The predicted molar refractivity (Wildman–Crippen MR) is 72.7 cm³/mol. The van der Waals surface area contributed by atoms with Crippen LogP contribution in [0.2, 0.25) is 0 Å². The van der Waals surface area contributed by atoms with Crippen molar-refractivity contribution in [3.05, 3.63) is 29.8 Å². The van der Waals surface area contributed by atoms with Gasteiger partial charge >= 0.3 is 5.97 Å². The Labute approximate surface area is 117 Å². The average molecular weight is 294 g/mol. The minimum Gasteiger partial charge on any atom is -0.444 e. The lowest BCUT2D eigenvalue weighted by Crippen LogP contribution is -2.25. The zero-order chi connectivity index (χ0) is 14.8. The van der Waals surface area contributed by atoms with Crippen LogP contribution in [0.1, 0.15) is 23.7 Å². The Morgan fingerprint density at radius 2 is 2.25 bits per heavy atom. The molecule has 6 nitrogen and oxygen atoms in total. The zero-order valence-corrected chi connectivity index (χ0v) is 11.8. The van der Waals surface area contributed by atoms with Crippen molar-refractivity contribution in [2.45, 2.75) is 19.4 Å². The molecule has 20 heavy (non-hydrogen) atoms. The summed E-state index contributed by atoms with van der Waals surface area (Å²) in [5.74, 6) is -0.523. The van der Waals surface area contributed by atoms with Gasteiger partial charge in [0.2, 0.25) is 10.0 Å². The van der Waals surface area contributed by atoms with E-state index in [1.807, 2.05) is 0 Å². The van der Waals surface area contributed by atoms with Crippen molar-refractivity contribution in [2.75, 3.05) is 16.6 Å². The van der Waals surface area contributed by atoms with Crippen LogP contribution in [0.3, 0.4) is 0 Å². The smallest absolute Gasteiger partial charge is 0.339 e. The molecule has 1 aromatic rings. The van der Waals surface area contributed by atoms with Crippen LogP contribution in [0.25, 0.3) is 0 Å². The number of anilines is 1. The maximum Gasteiger partial charge on any atom is 0.339 e. The summed E-state index contributed by atoms with van der Waals surface area (Å²) in [7, 11) is -3.28. The molecule has 2 rings (SSSR count). The Balaban J connectivity index is 2.25. The van der Waals surface area contributed by atoms with Gasteiger partial charge in [-0.2, -0.15) is 5.26 Å². The van der Waals surface area contributed by atoms with Gasteiger partial charge < -0.3 is 4.74 Å². The standard InChI is InChI=1S/C13H14N2O4S/c1-10(9-14)19-13(16)11-4-2-5-12(8-11)15-6-3-7-20(15,17)18/h2,4-5,8,10H,3,6-7H2,1H3. The molecule has 0 amide bonds. The van der Waals surface area contributed by atoms with Crippen LogP contribution in [0.4, 0.5) is 5.69 Å². The van der Waals surface area contributed by atoms with Crippen LogP contribution in [0.15, 0.2) is 24.3 Å². The third kappa shape index (κ3) is 2.91. The number of hydrogen-bond acceptors (Lipinski definition) is 5. The topological polar surface area (TPSA) is 87.5 Å². The van der Waals surface area contributed by atoms with Gasteiger partial charge in [0.05, 0.1) is 17.0 Å². The van der Waals surface area contributed by atoms with Crippen molar-refractivity contribution in [3.8, 4) is 6.07 Å². The van der Waals surface area contributed by atoms with Gasteiger partial charge in [0.15, 0.2) is 6.10 Å². The van der Waals surface area contributed by atoms with Crippen molar-refractivity contribution < 1.29 is 17.9 Å². The van der Waals surface area contributed by atoms with Crippen LogP contribution in [-0.2, 0) is 14.8 Å². The van der Waals surface area contributed by atoms with Crippen molar-refractivity contribution in [2.24, 2.45) is 0 Å². The lowest BCUT2D eigenvalue weighted by atomic mass is 10.2. The third-order valence-electron chi connectivity index (χ3n) is 2.93. The Bertz CT molecular complexity index is 663. The molecule has 7 heteroatoms. The van der Waals surface area contributed by atoms with Gasteiger partial charge in [-0.3, -0.25) is 4.31 Å². The summed E-state index contributed by atoms with van der Waals surface area (Å²) in [6.45, 7) is 1.88. The van der Waals surface area contributed by atoms with Crippen LogP contribution < -0.4 is 4.31 Å². The van der Waals surface area contributed by atoms with Gasteiger partial charge in [0.25, 0.3) is 0 Å². The first-order valence-corrected chi connectivity index (χ1v) is 7.76. The molecule has 0 N–H and O–H groups in total. The number of benzene rings is 1. The van der Waals surface area contributed by atoms with Crippen LogP contribution >= 0.6 is 0 Å². The maximum atomic E-state index is 11.8. The highest BCUT2D eigenvalue weighted by atomic mass is 32.2. The molecule has 0 radical (unpaired) electrons. The molecule has 1 atom stereocenters. The van der Waals surface area contributed by atoms with E-state index in [4.69, 9.17) is 10.00 Å². The molecule has 0 aromatic heterocycles. The van der Waals surface area contributed by atoms with Gasteiger partial charge in [-0.15, -0.1) is 0 Å². The number of sulfonamides is 1. The van der Waals surface area contributed by atoms with Gasteiger partial charge in [0, 0.05) is 6.54 Å². The first-order chi connectivity index (χ1) is 9.44. The first-order valence-electron chi connectivity index (χ1n) is 6.15. The molecular formula is C13H14N2O4S. The van der Waals surface area contributed by atoms with E-state index in [1.165, 1.54) is 23.4 Å². The van der Waals surface area contributed by atoms with E-state index < -0.39 is 22.1 Å². The van der Waals surface area contributed by atoms with Crippen molar-refractivity contribution in [1.82, 2.24) is 0 Å². The first kappa shape index (κ1) is 14.3. The molecule has 106 valence electrons. The van der Waals surface area contributed by atoms with Gasteiger partial charge in [-0.1, -0.05) is 6.07 Å². The zero-order valence-electron chi connectivity index (χ0n) is 10.9. The molecule has 0 spiro atoms. The molecule has 1 aliphatic heterocycles. The van der Waals surface area contributed by atoms with E-state index in [1.54, 1.807) is 18.2 Å². The Kier molecular flexibility index (Phi) is 3.95. The number of nitrogens with zero attached hydrogens (tertiary/aromatic N) is 2. The van der Waals surface area contributed by atoms with Gasteiger partial charge in [0.1, 0.15) is 6.07 Å². The van der Waals surface area contributed by atoms with E-state index in [2.05, 4.69) is 0 Å². The number of esters is 1. The fourth-order valence-corrected chi connectivity index (χ4v) is 3.53. The minimum atomic E-state index is -3.28. The maximum absolute atomic E-state index is 11.8. The Morgan fingerprint density at radius 3 is 2.85 bits per heavy atom. The lowest BCUT2D eigenvalue weighted by Gasteiger charge is -2.17. The molecule has 1 unspecified atom stereocenters. The number of hydrogen-bond donors (Lipinski definition) is 0. The number of carbonyl (C=O) groups excluding carboxylic acids is 1. The normalized spacial score (nSPS) is 18.3. The fraction of sp³-hybridized carbons (Fsp3) is 0.385. The minimum absolute atomic E-state index is 0.118. The van der Waals surface area contributed by atoms with Gasteiger partial charge in [-0.25, -0.2) is 13.2 Å². The third-order valence-corrected chi connectivity index (χ3v) is 4.80. The SMILES string of the molecule is CC(C#N)OC(=O)c1cccc(N2CCCS2(=O)=O)c1. The summed E-state index contributed by atoms with van der Waals surface area (Å²) >= 11 is 0. The molecule has 0 saturated carbocycles. The predicted octanol–water partition coefficient (Wildman–Crippen LogP) is 1.30. The quantitative estimate of drug-likeness (QED) is 0.784. The van der Waals surface area contributed by atoms with E-state index >= 15 is 0 Å². The lowest BCUT2D eigenvalue weighted by molar-refractivity contribution is 0.0435. The van der Waals surface area contributed by atoms with E-state index in [9.17, 15) is 13.2 Å². The van der Waals surface area contributed by atoms with Crippen molar-refractivity contribution in [1.29, 1.82) is 5.26 Å². The van der Waals surface area contributed by atoms with E-state index in [0.29, 0.717) is 18.7 Å². The highest BCUT2D eigenvalue weighted by Gasteiger charge is 2.28. The summed E-state index contributed by atoms with van der Waals surface area (Å²) in [5.41, 5.74) is 0.674. The molecular weight excluding hydrogens is 280 g/mol. The Hall–Kier alpha value is -2.07. The summed E-state index contributed by atoms with van der Waals surface area (Å²) in [6.07, 6.45) is -0.274. The van der Waals surface area contributed by atoms with Crippen LogP contribution in [0.5, 0.6) is 0 Å². The average Bonchev–Trinajstić information content (AvgIpc) is 2.78. The molecule has 0 aliphatic carbocycles. The summed E-state index contributed by atoms with van der Waals surface area (Å²) in [6, 6.07) is 8.02. The molecule has 1 fully saturated rings. The molecule has 0 bridgehead atoms. The molecule has 1 heterocycles. The number of carbonyl (C=O) groups is 1. The summed E-state index contributed by atoms with van der Waals surface area (Å²) in [4.78, 5) is 11.8. The van der Waals surface area contributed by atoms with E-state index in [-0.39, 0.29) is 11.3 Å². The second-order valence-corrected chi connectivity index (χ2v) is 6.48. The number of ether oxygens (including phenoxy) is 1. The summed E-state index contributed by atoms with van der Waals surface area (Å²) in [5, 5.41) is 8.61. The van der Waals surface area contributed by atoms with Crippen LogP contribution in [0, 0.1) is 11.3 Å². The monoisotopic (exact) mass is 294 g/mol. The number of rotatable bonds is 3. The van der Waals surface area contributed by atoms with E-state index in [0.717, 1.165) is 0 Å². The van der Waals surface area contributed by atoms with Crippen molar-refractivity contribution >= 4 is 21.7 Å².